The van der Waals surface area contributed by atoms with Gasteiger partial charge in [-0.2, -0.15) is 10.1 Å². The SMILES string of the molecule is CNc1nc(Sc2nccc(=O)[nH]2)c2cn[nH]c2n1. The van der Waals surface area contributed by atoms with Crippen molar-refractivity contribution in [3.63, 3.8) is 0 Å². The fourth-order valence-electron chi connectivity index (χ4n) is 1.49. The van der Waals surface area contributed by atoms with Gasteiger partial charge < -0.3 is 10.3 Å². The summed E-state index contributed by atoms with van der Waals surface area (Å²) < 4.78 is 0. The molecule has 3 aromatic heterocycles. The van der Waals surface area contributed by atoms with Crippen LogP contribution in [0.2, 0.25) is 0 Å². The van der Waals surface area contributed by atoms with E-state index in [0.29, 0.717) is 21.8 Å². The Morgan fingerprint density at radius 3 is 3.05 bits per heavy atom. The van der Waals surface area contributed by atoms with E-state index in [0.717, 1.165) is 5.39 Å². The molecule has 0 unspecified atom stereocenters. The third-order valence-corrected chi connectivity index (χ3v) is 3.24. The van der Waals surface area contributed by atoms with Crippen molar-refractivity contribution in [2.45, 2.75) is 10.2 Å². The highest BCUT2D eigenvalue weighted by Gasteiger charge is 2.11. The van der Waals surface area contributed by atoms with Crippen molar-refractivity contribution in [3.8, 4) is 0 Å². The second-order valence-corrected chi connectivity index (χ2v) is 4.55. The maximum atomic E-state index is 11.2. The quantitative estimate of drug-likeness (QED) is 0.474. The Labute approximate surface area is 111 Å². The second kappa shape index (κ2) is 4.69. The van der Waals surface area contributed by atoms with Gasteiger partial charge in [0, 0.05) is 19.3 Å². The second-order valence-electron chi connectivity index (χ2n) is 3.58. The number of aromatic nitrogens is 6. The number of nitrogens with zero attached hydrogens (tertiary/aromatic N) is 4. The molecule has 0 bridgehead atoms. The number of rotatable bonds is 3. The Morgan fingerprint density at radius 2 is 2.26 bits per heavy atom. The average Bonchev–Trinajstić information content (AvgIpc) is 2.87. The van der Waals surface area contributed by atoms with E-state index in [4.69, 9.17) is 0 Å². The zero-order valence-corrected chi connectivity index (χ0v) is 10.7. The molecule has 0 radical (unpaired) electrons. The van der Waals surface area contributed by atoms with Crippen LogP contribution >= 0.6 is 11.8 Å². The zero-order valence-electron chi connectivity index (χ0n) is 9.84. The van der Waals surface area contributed by atoms with Gasteiger partial charge in [-0.15, -0.1) is 0 Å². The molecular formula is C10H9N7OS. The third kappa shape index (κ3) is 2.27. The average molecular weight is 275 g/mol. The lowest BCUT2D eigenvalue weighted by atomic mass is 10.4. The molecule has 96 valence electrons. The minimum absolute atomic E-state index is 0.205. The van der Waals surface area contributed by atoms with Gasteiger partial charge in [0.05, 0.1) is 11.6 Å². The number of H-pyrrole nitrogens is 2. The van der Waals surface area contributed by atoms with E-state index >= 15 is 0 Å². The number of nitrogens with one attached hydrogen (secondary N) is 3. The summed E-state index contributed by atoms with van der Waals surface area (Å²) in [7, 11) is 1.73. The first-order chi connectivity index (χ1) is 9.26. The summed E-state index contributed by atoms with van der Waals surface area (Å²) in [6, 6.07) is 1.36. The Morgan fingerprint density at radius 1 is 1.37 bits per heavy atom. The van der Waals surface area contributed by atoms with E-state index in [9.17, 15) is 4.79 Å². The number of aromatic amines is 2. The van der Waals surface area contributed by atoms with Crippen molar-refractivity contribution in [1.82, 2.24) is 30.1 Å². The molecule has 0 saturated heterocycles. The first-order valence-corrected chi connectivity index (χ1v) is 6.20. The van der Waals surface area contributed by atoms with Gasteiger partial charge in [0.25, 0.3) is 5.56 Å². The predicted molar refractivity (Wildman–Crippen MR) is 70.2 cm³/mol. The Bertz CT molecular complexity index is 781. The third-order valence-electron chi connectivity index (χ3n) is 2.34. The fourth-order valence-corrected chi connectivity index (χ4v) is 2.33. The molecule has 0 spiro atoms. The molecule has 0 fully saturated rings. The summed E-state index contributed by atoms with van der Waals surface area (Å²) in [5.74, 6) is 0.470. The van der Waals surface area contributed by atoms with Crippen LogP contribution in [0, 0.1) is 0 Å². The number of anilines is 1. The molecule has 0 aliphatic heterocycles. The summed E-state index contributed by atoms with van der Waals surface area (Å²) in [4.78, 5) is 26.5. The van der Waals surface area contributed by atoms with Crippen molar-refractivity contribution in [1.29, 1.82) is 0 Å². The molecule has 0 saturated carbocycles. The maximum absolute atomic E-state index is 11.2. The van der Waals surface area contributed by atoms with E-state index in [1.165, 1.54) is 24.0 Å². The lowest BCUT2D eigenvalue weighted by molar-refractivity contribution is 0.932. The van der Waals surface area contributed by atoms with Crippen LogP contribution in [0.3, 0.4) is 0 Å². The van der Waals surface area contributed by atoms with E-state index < -0.39 is 0 Å². The van der Waals surface area contributed by atoms with Crippen LogP contribution in [0.25, 0.3) is 11.0 Å². The summed E-state index contributed by atoms with van der Waals surface area (Å²) in [6.07, 6.45) is 3.09. The van der Waals surface area contributed by atoms with Crippen LogP contribution in [0.1, 0.15) is 0 Å². The van der Waals surface area contributed by atoms with Crippen molar-refractivity contribution in [2.75, 3.05) is 12.4 Å². The van der Waals surface area contributed by atoms with Crippen LogP contribution in [-0.4, -0.2) is 37.2 Å². The molecule has 19 heavy (non-hydrogen) atoms. The van der Waals surface area contributed by atoms with Gasteiger partial charge in [0.2, 0.25) is 5.95 Å². The molecule has 0 aromatic carbocycles. The largest absolute Gasteiger partial charge is 0.357 e. The van der Waals surface area contributed by atoms with Gasteiger partial charge in [-0.1, -0.05) is 0 Å². The molecule has 3 N–H and O–H groups in total. The molecule has 3 aromatic rings. The molecule has 0 aliphatic rings. The number of hydrogen-bond donors (Lipinski definition) is 3. The lowest BCUT2D eigenvalue weighted by Gasteiger charge is -2.03. The van der Waals surface area contributed by atoms with Crippen LogP contribution in [0.4, 0.5) is 5.95 Å². The van der Waals surface area contributed by atoms with Crippen molar-refractivity contribution in [3.05, 3.63) is 28.8 Å². The summed E-state index contributed by atoms with van der Waals surface area (Å²) in [6.45, 7) is 0. The van der Waals surface area contributed by atoms with Gasteiger partial charge in [-0.3, -0.25) is 9.89 Å². The molecule has 0 amide bonds. The van der Waals surface area contributed by atoms with E-state index in [2.05, 4.69) is 35.5 Å². The van der Waals surface area contributed by atoms with Gasteiger partial charge >= 0.3 is 0 Å². The lowest BCUT2D eigenvalue weighted by Crippen LogP contribution is -2.05. The number of hydrogen-bond acceptors (Lipinski definition) is 7. The van der Waals surface area contributed by atoms with Gasteiger partial charge in [-0.25, -0.2) is 9.97 Å². The zero-order chi connectivity index (χ0) is 13.2. The van der Waals surface area contributed by atoms with Crippen molar-refractivity contribution in [2.24, 2.45) is 0 Å². The first kappa shape index (κ1) is 11.7. The molecule has 8 nitrogen and oxygen atoms in total. The van der Waals surface area contributed by atoms with E-state index in [-0.39, 0.29) is 5.56 Å². The molecule has 9 heteroatoms. The van der Waals surface area contributed by atoms with Crippen LogP contribution < -0.4 is 10.9 Å². The molecule has 0 atom stereocenters. The van der Waals surface area contributed by atoms with Gasteiger partial charge in [0.1, 0.15) is 5.03 Å². The van der Waals surface area contributed by atoms with Gasteiger partial charge in [0.15, 0.2) is 10.8 Å². The van der Waals surface area contributed by atoms with E-state index in [1.807, 2.05) is 0 Å². The predicted octanol–water partition coefficient (Wildman–Crippen LogP) is 0.629. The fraction of sp³-hybridized carbons (Fsp3) is 0.100. The minimum atomic E-state index is -0.205. The standard InChI is InChI=1S/C10H9N7OS/c1-11-9-15-7-5(4-13-17-7)8(16-9)19-10-12-3-2-6(18)14-10/h2-4H,1H3,(H,12,14,18)(H2,11,13,15,16,17). The highest BCUT2D eigenvalue weighted by molar-refractivity contribution is 7.99. The summed E-state index contributed by atoms with van der Waals surface area (Å²) in [5.41, 5.74) is 0.420. The van der Waals surface area contributed by atoms with E-state index in [1.54, 1.807) is 13.2 Å². The van der Waals surface area contributed by atoms with Crippen molar-refractivity contribution >= 4 is 28.7 Å². The molecule has 3 heterocycles. The van der Waals surface area contributed by atoms with Crippen LogP contribution in [-0.2, 0) is 0 Å². The van der Waals surface area contributed by atoms with Gasteiger partial charge in [-0.05, 0) is 11.8 Å². The number of fused-ring (bicyclic) bond motifs is 1. The topological polar surface area (TPSA) is 112 Å². The molecular weight excluding hydrogens is 266 g/mol. The molecule has 3 rings (SSSR count). The Kier molecular flexibility index (Phi) is 2.88. The maximum Gasteiger partial charge on any atom is 0.251 e. The van der Waals surface area contributed by atoms with Crippen LogP contribution in [0.15, 0.2) is 33.4 Å². The monoisotopic (exact) mass is 275 g/mol. The Hall–Kier alpha value is -2.42. The highest BCUT2D eigenvalue weighted by Crippen LogP contribution is 2.28. The normalized spacial score (nSPS) is 10.8. The summed E-state index contributed by atoms with van der Waals surface area (Å²) >= 11 is 1.25. The first-order valence-electron chi connectivity index (χ1n) is 5.38. The minimum Gasteiger partial charge on any atom is -0.357 e. The van der Waals surface area contributed by atoms with Crippen LogP contribution in [0.5, 0.6) is 0 Å². The Balaban J connectivity index is 2.08. The van der Waals surface area contributed by atoms with Crippen molar-refractivity contribution < 1.29 is 0 Å². The molecule has 0 aliphatic carbocycles. The summed E-state index contributed by atoms with van der Waals surface area (Å²) in [5, 5.41) is 11.5. The highest BCUT2D eigenvalue weighted by atomic mass is 32.2. The smallest absolute Gasteiger partial charge is 0.251 e.